The van der Waals surface area contributed by atoms with E-state index in [4.69, 9.17) is 18.9 Å². The molecule has 0 radical (unpaired) electrons. The predicted molar refractivity (Wildman–Crippen MR) is 88.7 cm³/mol. The van der Waals surface area contributed by atoms with Crippen LogP contribution in [-0.4, -0.2) is 30.3 Å². The minimum absolute atomic E-state index is 0.299. The molecule has 1 rings (SSSR count). The Morgan fingerprint density at radius 2 is 1.21 bits per heavy atom. The van der Waals surface area contributed by atoms with E-state index >= 15 is 0 Å². The molecule has 0 aliphatic heterocycles. The minimum atomic E-state index is -0.943. The highest BCUT2D eigenvalue weighted by molar-refractivity contribution is 5.87. The summed E-state index contributed by atoms with van der Waals surface area (Å²) in [5.74, 6) is -1.98. The third-order valence-electron chi connectivity index (χ3n) is 3.62. The van der Waals surface area contributed by atoms with Gasteiger partial charge in [0.15, 0.2) is 5.79 Å². The van der Waals surface area contributed by atoms with Crippen LogP contribution >= 0.6 is 0 Å². The van der Waals surface area contributed by atoms with Gasteiger partial charge in [-0.25, -0.2) is 9.59 Å². The van der Waals surface area contributed by atoms with Crippen LogP contribution in [0.15, 0.2) is 24.3 Å². The first kappa shape index (κ1) is 20.4. The average Bonchev–Trinajstić information content (AvgIpc) is 2.46. The highest BCUT2D eigenvalue weighted by atomic mass is 16.8. The smallest absolute Gasteiger partial charge is 0.335 e. The van der Waals surface area contributed by atoms with E-state index in [1.165, 1.54) is 0 Å². The number of rotatable bonds is 8. The Kier molecular flexibility index (Phi) is 7.63. The van der Waals surface area contributed by atoms with Crippen LogP contribution in [0.2, 0.25) is 0 Å². The van der Waals surface area contributed by atoms with Crippen molar-refractivity contribution >= 4 is 11.9 Å². The Morgan fingerprint density at radius 3 is 1.54 bits per heavy atom. The monoisotopic (exact) mass is 340 g/mol. The summed E-state index contributed by atoms with van der Waals surface area (Å²) in [5, 5.41) is 0. The summed E-state index contributed by atoms with van der Waals surface area (Å²) in [6.07, 6.45) is 2.60. The molecule has 0 spiro atoms. The predicted octanol–water partition coefficient (Wildman–Crippen LogP) is 3.61. The summed E-state index contributed by atoms with van der Waals surface area (Å²) < 4.78 is 22.1. The van der Waals surface area contributed by atoms with E-state index in [0.29, 0.717) is 24.0 Å². The number of ether oxygens (including phenoxy) is 4. The largest absolute Gasteiger partial charge is 0.433 e. The number of carbonyl (C=O) groups is 2. The first-order valence-corrected chi connectivity index (χ1v) is 8.24. The molecule has 0 aromatic rings. The molecule has 0 aromatic carbocycles. The number of esters is 2. The lowest BCUT2D eigenvalue weighted by molar-refractivity contribution is -0.344. The van der Waals surface area contributed by atoms with Crippen molar-refractivity contribution in [3.63, 3.8) is 0 Å². The Hall–Kier alpha value is -1.66. The van der Waals surface area contributed by atoms with E-state index in [2.05, 4.69) is 13.2 Å². The van der Waals surface area contributed by atoms with Crippen LogP contribution in [0.25, 0.3) is 0 Å². The van der Waals surface area contributed by atoms with Crippen LogP contribution < -0.4 is 0 Å². The average molecular weight is 340 g/mol. The molecule has 0 aromatic heterocycles. The molecule has 1 saturated carbocycles. The molecule has 0 amide bonds. The molecule has 6 nitrogen and oxygen atoms in total. The second-order valence-electron chi connectivity index (χ2n) is 6.21. The maximum Gasteiger partial charge on any atom is 0.335 e. The number of hydrogen-bond acceptors (Lipinski definition) is 6. The third kappa shape index (κ3) is 6.45. The second kappa shape index (κ2) is 8.99. The van der Waals surface area contributed by atoms with Crippen LogP contribution in [0.4, 0.5) is 0 Å². The molecule has 1 aliphatic carbocycles. The van der Waals surface area contributed by atoms with Crippen LogP contribution in [-0.2, 0) is 28.5 Å². The molecular formula is C18H28O6. The molecular weight excluding hydrogens is 312 g/mol. The van der Waals surface area contributed by atoms with Gasteiger partial charge in [-0.1, -0.05) is 19.6 Å². The molecule has 1 fully saturated rings. The zero-order chi connectivity index (χ0) is 18.3. The molecule has 2 atom stereocenters. The van der Waals surface area contributed by atoms with Crippen LogP contribution in [0.3, 0.4) is 0 Å². The topological polar surface area (TPSA) is 71.1 Å². The molecule has 0 bridgehead atoms. The van der Waals surface area contributed by atoms with E-state index < -0.39 is 30.3 Å². The van der Waals surface area contributed by atoms with Gasteiger partial charge in [-0.05, 0) is 40.5 Å². The first-order valence-electron chi connectivity index (χ1n) is 8.24. The van der Waals surface area contributed by atoms with E-state index in [9.17, 15) is 9.59 Å². The Labute approximate surface area is 143 Å². The zero-order valence-corrected chi connectivity index (χ0v) is 15.1. The fraction of sp³-hybridized carbons (Fsp3) is 0.667. The highest BCUT2D eigenvalue weighted by Gasteiger charge is 2.39. The molecule has 0 N–H and O–H groups in total. The highest BCUT2D eigenvalue weighted by Crippen LogP contribution is 2.35. The SMILES string of the molecule is C=C(C)C(=O)OC(C)OC1(OC(C)OC(=O)C(=C)C)CCCCC1. The lowest BCUT2D eigenvalue weighted by Crippen LogP contribution is -2.44. The van der Waals surface area contributed by atoms with Gasteiger partial charge in [-0.3, -0.25) is 0 Å². The number of hydrogen-bond donors (Lipinski definition) is 0. The summed E-state index contributed by atoms with van der Waals surface area (Å²) >= 11 is 0. The fourth-order valence-corrected chi connectivity index (χ4v) is 2.51. The lowest BCUT2D eigenvalue weighted by atomic mass is 9.94. The van der Waals surface area contributed by atoms with Gasteiger partial charge in [0.2, 0.25) is 12.6 Å². The molecule has 0 saturated heterocycles. The summed E-state index contributed by atoms with van der Waals surface area (Å²) in [7, 11) is 0. The maximum atomic E-state index is 11.6. The normalized spacial score (nSPS) is 19.0. The Morgan fingerprint density at radius 1 is 0.833 bits per heavy atom. The van der Waals surface area contributed by atoms with Crippen molar-refractivity contribution in [2.75, 3.05) is 0 Å². The van der Waals surface area contributed by atoms with Gasteiger partial charge >= 0.3 is 11.9 Å². The van der Waals surface area contributed by atoms with E-state index in [1.807, 2.05) is 0 Å². The van der Waals surface area contributed by atoms with Crippen molar-refractivity contribution < 1.29 is 28.5 Å². The van der Waals surface area contributed by atoms with Gasteiger partial charge in [-0.15, -0.1) is 0 Å². The molecule has 0 heterocycles. The van der Waals surface area contributed by atoms with E-state index in [-0.39, 0.29) is 0 Å². The standard InChI is InChI=1S/C18H28O6/c1-12(2)16(19)21-14(5)23-18(10-8-7-9-11-18)24-15(6)22-17(20)13(3)4/h14-15H,1,3,7-11H2,2,4-6H3. The van der Waals surface area contributed by atoms with Crippen LogP contribution in [0, 0.1) is 0 Å². The summed E-state index contributed by atoms with van der Waals surface area (Å²) in [4.78, 5) is 23.2. The lowest BCUT2D eigenvalue weighted by Gasteiger charge is -2.39. The zero-order valence-electron chi connectivity index (χ0n) is 15.1. The molecule has 24 heavy (non-hydrogen) atoms. The third-order valence-corrected chi connectivity index (χ3v) is 3.62. The van der Waals surface area contributed by atoms with Gasteiger partial charge in [0, 0.05) is 24.0 Å². The Balaban J connectivity index is 2.71. The number of carbonyl (C=O) groups excluding carboxylic acids is 2. The van der Waals surface area contributed by atoms with Crippen molar-refractivity contribution in [1.29, 1.82) is 0 Å². The molecule has 136 valence electrons. The van der Waals surface area contributed by atoms with Crippen LogP contribution in [0.1, 0.15) is 59.8 Å². The molecule has 2 unspecified atom stereocenters. The first-order chi connectivity index (χ1) is 11.1. The van der Waals surface area contributed by atoms with Gasteiger partial charge in [0.25, 0.3) is 0 Å². The van der Waals surface area contributed by atoms with Gasteiger partial charge in [0.05, 0.1) is 0 Å². The Bertz CT molecular complexity index is 452. The maximum absolute atomic E-state index is 11.6. The van der Waals surface area contributed by atoms with Gasteiger partial charge < -0.3 is 18.9 Å². The van der Waals surface area contributed by atoms with E-state index in [0.717, 1.165) is 19.3 Å². The molecule has 6 heteroatoms. The minimum Gasteiger partial charge on any atom is -0.433 e. The fourth-order valence-electron chi connectivity index (χ4n) is 2.51. The van der Waals surface area contributed by atoms with Gasteiger partial charge in [-0.2, -0.15) is 0 Å². The van der Waals surface area contributed by atoms with Gasteiger partial charge in [0.1, 0.15) is 0 Å². The van der Waals surface area contributed by atoms with Crippen LogP contribution in [0.5, 0.6) is 0 Å². The molecule has 1 aliphatic rings. The van der Waals surface area contributed by atoms with Crippen molar-refractivity contribution in [1.82, 2.24) is 0 Å². The summed E-state index contributed by atoms with van der Waals surface area (Å²) in [6, 6.07) is 0. The second-order valence-corrected chi connectivity index (χ2v) is 6.21. The quantitative estimate of drug-likeness (QED) is 0.382. The van der Waals surface area contributed by atoms with E-state index in [1.54, 1.807) is 27.7 Å². The van der Waals surface area contributed by atoms with Crippen molar-refractivity contribution in [2.24, 2.45) is 0 Å². The van der Waals surface area contributed by atoms with Crippen molar-refractivity contribution in [3.05, 3.63) is 24.3 Å². The van der Waals surface area contributed by atoms with Crippen molar-refractivity contribution in [3.8, 4) is 0 Å². The summed E-state index contributed by atoms with van der Waals surface area (Å²) in [5.41, 5.74) is 0.598. The summed E-state index contributed by atoms with van der Waals surface area (Å²) in [6.45, 7) is 13.5. The van der Waals surface area contributed by atoms with Crippen molar-refractivity contribution in [2.45, 2.75) is 78.2 Å².